The van der Waals surface area contributed by atoms with Gasteiger partial charge < -0.3 is 20.1 Å². The van der Waals surface area contributed by atoms with Gasteiger partial charge in [0.15, 0.2) is 0 Å². The molecule has 0 saturated heterocycles. The van der Waals surface area contributed by atoms with Crippen molar-refractivity contribution in [1.29, 1.82) is 0 Å². The molecule has 0 amide bonds. The Hall–Kier alpha value is -1.59. The third-order valence-electron chi connectivity index (χ3n) is 1.01. The summed E-state index contributed by atoms with van der Waals surface area (Å²) in [6.07, 6.45) is -0.255. The molecule has 0 aromatic carbocycles. The summed E-state index contributed by atoms with van der Waals surface area (Å²) >= 11 is 0. The number of rotatable bonds is 1. The van der Waals surface area contributed by atoms with Gasteiger partial charge in [-0.25, -0.2) is 0 Å². The number of nitrogens with zero attached hydrogens (tertiary/aromatic N) is 1. The molecule has 1 aromatic heterocycles. The lowest BCUT2D eigenvalue weighted by Crippen LogP contribution is -2.29. The summed E-state index contributed by atoms with van der Waals surface area (Å²) in [7, 11) is 1.28. The highest BCUT2D eigenvalue weighted by atomic mass is 16.6. The van der Waals surface area contributed by atoms with Crippen LogP contribution in [0.4, 0.5) is 11.7 Å². The van der Waals surface area contributed by atoms with Crippen molar-refractivity contribution in [1.82, 2.24) is 0 Å². The molecule has 6 nitrogen and oxygen atoms in total. The SMILES string of the molecule is COc1oc(N)c(N)[n+]1[O-]. The van der Waals surface area contributed by atoms with Gasteiger partial charge >= 0.3 is 11.9 Å². The van der Waals surface area contributed by atoms with Gasteiger partial charge in [0, 0.05) is 0 Å². The molecule has 0 aliphatic heterocycles. The van der Waals surface area contributed by atoms with Gasteiger partial charge in [0.1, 0.15) is 0 Å². The van der Waals surface area contributed by atoms with E-state index in [1.807, 2.05) is 0 Å². The second-order valence-corrected chi connectivity index (χ2v) is 1.62. The van der Waals surface area contributed by atoms with E-state index in [0.29, 0.717) is 0 Å². The standard InChI is InChI=1S/C4H7N3O3/c1-9-4-7(8)2(5)3(6)10-4/h5-6H2,1H3. The van der Waals surface area contributed by atoms with Crippen LogP contribution in [0.2, 0.25) is 0 Å². The van der Waals surface area contributed by atoms with Crippen molar-refractivity contribution in [2.45, 2.75) is 0 Å². The van der Waals surface area contributed by atoms with E-state index in [0.717, 1.165) is 0 Å². The van der Waals surface area contributed by atoms with Gasteiger partial charge in [-0.15, -0.1) is 0 Å². The molecule has 1 rings (SSSR count). The fourth-order valence-corrected chi connectivity index (χ4v) is 0.511. The molecule has 0 radical (unpaired) electrons. The Balaban J connectivity index is 3.17. The third-order valence-corrected chi connectivity index (χ3v) is 1.01. The Bertz CT molecular complexity index is 244. The average Bonchev–Trinajstić information content (AvgIpc) is 2.17. The molecule has 4 N–H and O–H groups in total. The van der Waals surface area contributed by atoms with Crippen molar-refractivity contribution >= 4 is 11.7 Å². The number of nitrogens with two attached hydrogens (primary N) is 2. The normalized spacial score (nSPS) is 9.70. The first kappa shape index (κ1) is 6.53. The Labute approximate surface area is 56.6 Å². The molecular weight excluding hydrogens is 138 g/mol. The summed E-state index contributed by atoms with van der Waals surface area (Å²) in [5.41, 5.74) is 10.3. The molecule has 0 atom stereocenters. The van der Waals surface area contributed by atoms with Gasteiger partial charge in [-0.2, -0.15) is 4.73 Å². The topological polar surface area (TPSA) is 101 Å². The molecule has 56 valence electrons. The monoisotopic (exact) mass is 145 g/mol. The number of aromatic nitrogens is 1. The van der Waals surface area contributed by atoms with Gasteiger partial charge in [0.2, 0.25) is 0 Å². The summed E-state index contributed by atoms with van der Waals surface area (Å²) in [4.78, 5) is 0. The van der Waals surface area contributed by atoms with Crippen LogP contribution in [0.15, 0.2) is 4.42 Å². The molecule has 0 aliphatic rings. The maximum Gasteiger partial charge on any atom is 0.475 e. The number of anilines is 2. The first-order chi connectivity index (χ1) is 4.66. The van der Waals surface area contributed by atoms with Crippen LogP contribution in [0, 0.1) is 5.21 Å². The van der Waals surface area contributed by atoms with E-state index >= 15 is 0 Å². The zero-order valence-corrected chi connectivity index (χ0v) is 5.33. The minimum absolute atomic E-state index is 0.133. The highest BCUT2D eigenvalue weighted by Crippen LogP contribution is 2.16. The van der Waals surface area contributed by atoms with E-state index in [2.05, 4.69) is 9.15 Å². The Morgan fingerprint density at radius 1 is 1.60 bits per heavy atom. The number of oxazole rings is 1. The average molecular weight is 145 g/mol. The molecule has 6 heteroatoms. The summed E-state index contributed by atoms with van der Waals surface area (Å²) in [5.74, 6) is -0.316. The maximum absolute atomic E-state index is 10.7. The molecule has 1 heterocycles. The molecule has 1 aromatic rings. The summed E-state index contributed by atoms with van der Waals surface area (Å²) in [5, 5.41) is 10.7. The van der Waals surface area contributed by atoms with Crippen LogP contribution >= 0.6 is 0 Å². The smallest absolute Gasteiger partial charge is 0.475 e. The van der Waals surface area contributed by atoms with E-state index in [1.54, 1.807) is 0 Å². The molecule has 10 heavy (non-hydrogen) atoms. The predicted octanol–water partition coefficient (Wildman–Crippen LogP) is -0.914. The lowest BCUT2D eigenvalue weighted by molar-refractivity contribution is -0.601. The van der Waals surface area contributed by atoms with Crippen molar-refractivity contribution in [3.05, 3.63) is 5.21 Å². The van der Waals surface area contributed by atoms with Crippen LogP contribution in [-0.2, 0) is 0 Å². The largest absolute Gasteiger partial charge is 0.706 e. The van der Waals surface area contributed by atoms with Crippen molar-refractivity contribution in [2.75, 3.05) is 18.6 Å². The maximum atomic E-state index is 10.7. The van der Waals surface area contributed by atoms with E-state index in [9.17, 15) is 5.21 Å². The second-order valence-electron chi connectivity index (χ2n) is 1.62. The lowest BCUT2D eigenvalue weighted by atomic mass is 10.7. The van der Waals surface area contributed by atoms with Crippen molar-refractivity contribution in [3.8, 4) is 6.08 Å². The number of hydrogen-bond acceptors (Lipinski definition) is 5. The van der Waals surface area contributed by atoms with Crippen molar-refractivity contribution in [3.63, 3.8) is 0 Å². The molecule has 0 aliphatic carbocycles. The quantitative estimate of drug-likeness (QED) is 0.393. The van der Waals surface area contributed by atoms with Crippen LogP contribution in [0.5, 0.6) is 6.08 Å². The van der Waals surface area contributed by atoms with Crippen LogP contribution in [0.1, 0.15) is 0 Å². The number of ether oxygens (including phenoxy) is 1. The van der Waals surface area contributed by atoms with Gasteiger partial charge in [0.25, 0.3) is 5.88 Å². The molecule has 0 fully saturated rings. The molecule has 0 spiro atoms. The van der Waals surface area contributed by atoms with E-state index in [4.69, 9.17) is 11.5 Å². The fourth-order valence-electron chi connectivity index (χ4n) is 0.511. The lowest BCUT2D eigenvalue weighted by Gasteiger charge is -1.97. The number of nitrogen functional groups attached to an aromatic ring is 2. The first-order valence-electron chi connectivity index (χ1n) is 2.48. The number of hydrogen-bond donors (Lipinski definition) is 2. The third kappa shape index (κ3) is 0.697. The first-order valence-corrected chi connectivity index (χ1v) is 2.48. The fraction of sp³-hybridized carbons (Fsp3) is 0.250. The summed E-state index contributed by atoms with van der Waals surface area (Å²) < 4.78 is 9.32. The van der Waals surface area contributed by atoms with Gasteiger partial charge in [-0.3, -0.25) is 5.73 Å². The predicted molar refractivity (Wildman–Crippen MR) is 33.0 cm³/mol. The highest BCUT2D eigenvalue weighted by molar-refractivity contribution is 5.45. The Morgan fingerprint density at radius 2 is 2.20 bits per heavy atom. The van der Waals surface area contributed by atoms with E-state index < -0.39 is 0 Å². The number of methoxy groups -OCH3 is 1. The molecule has 0 saturated carbocycles. The van der Waals surface area contributed by atoms with Crippen molar-refractivity contribution < 1.29 is 13.9 Å². The zero-order chi connectivity index (χ0) is 7.72. The molecule has 0 bridgehead atoms. The van der Waals surface area contributed by atoms with E-state index in [1.165, 1.54) is 7.11 Å². The molecular formula is C4H7N3O3. The highest BCUT2D eigenvalue weighted by Gasteiger charge is 2.16. The molecule has 0 unspecified atom stereocenters. The van der Waals surface area contributed by atoms with Gasteiger partial charge in [-0.1, -0.05) is 0 Å². The van der Waals surface area contributed by atoms with Gasteiger partial charge in [0.05, 0.1) is 7.11 Å². The van der Waals surface area contributed by atoms with E-state index in [-0.39, 0.29) is 22.5 Å². The minimum Gasteiger partial charge on any atom is -0.706 e. The summed E-state index contributed by atoms with van der Waals surface area (Å²) in [6.45, 7) is 0. The summed E-state index contributed by atoms with van der Waals surface area (Å²) in [6, 6.07) is 0. The van der Waals surface area contributed by atoms with Gasteiger partial charge in [-0.05, 0) is 0 Å². The second kappa shape index (κ2) is 1.98. The van der Waals surface area contributed by atoms with Crippen LogP contribution in [0.25, 0.3) is 0 Å². The Morgan fingerprint density at radius 3 is 2.40 bits per heavy atom. The van der Waals surface area contributed by atoms with Crippen LogP contribution in [-0.4, -0.2) is 7.11 Å². The Kier molecular flexibility index (Phi) is 1.29. The zero-order valence-electron chi connectivity index (χ0n) is 5.33. The van der Waals surface area contributed by atoms with Crippen LogP contribution in [0.3, 0.4) is 0 Å². The van der Waals surface area contributed by atoms with Crippen LogP contribution < -0.4 is 20.9 Å². The minimum atomic E-state index is -0.255. The van der Waals surface area contributed by atoms with Crippen molar-refractivity contribution in [2.24, 2.45) is 0 Å².